The molecule has 1 saturated heterocycles. The molecule has 150 valence electrons. The van der Waals surface area contributed by atoms with Gasteiger partial charge in [0, 0.05) is 18.7 Å². The summed E-state index contributed by atoms with van der Waals surface area (Å²) in [4.78, 5) is 4.95. The predicted octanol–water partition coefficient (Wildman–Crippen LogP) is 3.99. The van der Waals surface area contributed by atoms with Crippen LogP contribution in [0.5, 0.6) is 0 Å². The van der Waals surface area contributed by atoms with Crippen LogP contribution in [0.25, 0.3) is 11.4 Å². The number of piperidine rings is 1. The lowest BCUT2D eigenvalue weighted by Gasteiger charge is -2.25. The Kier molecular flexibility index (Phi) is 4.52. The lowest BCUT2D eigenvalue weighted by Crippen LogP contribution is -2.35. The lowest BCUT2D eigenvalue weighted by molar-refractivity contribution is 0.346. The van der Waals surface area contributed by atoms with E-state index in [0.29, 0.717) is 29.7 Å². The van der Waals surface area contributed by atoms with Gasteiger partial charge in [0.2, 0.25) is 21.7 Å². The third-order valence-electron chi connectivity index (χ3n) is 5.98. The first kappa shape index (κ1) is 18.5. The molecule has 3 aromatic rings. The standard InChI is InChI=1S/C22H23N3O3S/c26-29(27,25-15-5-2-6-16-25)19-11-9-17(10-12-19)20-23-21(28-24-20)22(13-14-22)18-7-3-1-4-8-18/h1,3-4,7-12H,2,5-6,13-16H2. The molecule has 0 amide bonds. The van der Waals surface area contributed by atoms with Crippen LogP contribution in [0.3, 0.4) is 0 Å². The van der Waals surface area contributed by atoms with Crippen molar-refractivity contribution in [3.63, 3.8) is 0 Å². The summed E-state index contributed by atoms with van der Waals surface area (Å²) < 4.78 is 32.8. The fourth-order valence-electron chi connectivity index (χ4n) is 4.07. The normalized spacial score (nSPS) is 19.2. The fourth-order valence-corrected chi connectivity index (χ4v) is 5.59. The molecule has 7 heteroatoms. The predicted molar refractivity (Wildman–Crippen MR) is 109 cm³/mol. The van der Waals surface area contributed by atoms with Gasteiger partial charge in [-0.2, -0.15) is 9.29 Å². The molecule has 0 N–H and O–H groups in total. The van der Waals surface area contributed by atoms with Crippen molar-refractivity contribution in [2.45, 2.75) is 42.4 Å². The quantitative estimate of drug-likeness (QED) is 0.637. The molecule has 5 rings (SSSR count). The number of hydrogen-bond donors (Lipinski definition) is 0. The Labute approximate surface area is 170 Å². The molecule has 0 unspecified atom stereocenters. The third-order valence-corrected chi connectivity index (χ3v) is 7.89. The average Bonchev–Trinajstić information content (AvgIpc) is 3.44. The van der Waals surface area contributed by atoms with Gasteiger partial charge in [0.15, 0.2) is 0 Å². The Balaban J connectivity index is 1.39. The molecule has 1 saturated carbocycles. The molecule has 0 atom stereocenters. The van der Waals surface area contributed by atoms with E-state index in [0.717, 1.165) is 37.7 Å². The number of hydrogen-bond acceptors (Lipinski definition) is 5. The second-order valence-corrected chi connectivity index (χ2v) is 9.80. The van der Waals surface area contributed by atoms with E-state index in [1.807, 2.05) is 18.2 Å². The maximum Gasteiger partial charge on any atom is 0.243 e. The van der Waals surface area contributed by atoms with Crippen molar-refractivity contribution < 1.29 is 12.9 Å². The first-order chi connectivity index (χ1) is 14.1. The van der Waals surface area contributed by atoms with Crippen molar-refractivity contribution in [1.82, 2.24) is 14.4 Å². The van der Waals surface area contributed by atoms with Gasteiger partial charge in [-0.1, -0.05) is 41.9 Å². The Morgan fingerprint density at radius 3 is 2.24 bits per heavy atom. The van der Waals surface area contributed by atoms with E-state index in [2.05, 4.69) is 22.3 Å². The second-order valence-electron chi connectivity index (χ2n) is 7.86. The fraction of sp³-hybridized carbons (Fsp3) is 0.364. The number of aromatic nitrogens is 2. The highest BCUT2D eigenvalue weighted by Crippen LogP contribution is 2.52. The van der Waals surface area contributed by atoms with Gasteiger partial charge in [0.1, 0.15) is 0 Å². The Morgan fingerprint density at radius 1 is 0.897 bits per heavy atom. The van der Waals surface area contributed by atoms with Gasteiger partial charge >= 0.3 is 0 Å². The molecule has 1 aliphatic carbocycles. The van der Waals surface area contributed by atoms with Gasteiger partial charge in [0.25, 0.3) is 0 Å². The zero-order chi connectivity index (χ0) is 19.9. The smallest absolute Gasteiger partial charge is 0.243 e. The highest BCUT2D eigenvalue weighted by Gasteiger charge is 2.50. The van der Waals surface area contributed by atoms with E-state index in [4.69, 9.17) is 4.52 Å². The Morgan fingerprint density at radius 2 is 1.59 bits per heavy atom. The first-order valence-electron chi connectivity index (χ1n) is 10.1. The molecule has 1 aromatic heterocycles. The van der Waals surface area contributed by atoms with Crippen LogP contribution >= 0.6 is 0 Å². The van der Waals surface area contributed by atoms with E-state index in [1.54, 1.807) is 28.6 Å². The van der Waals surface area contributed by atoms with Crippen LogP contribution in [-0.2, 0) is 15.4 Å². The maximum absolute atomic E-state index is 12.8. The molecule has 0 bridgehead atoms. The molecule has 6 nitrogen and oxygen atoms in total. The van der Waals surface area contributed by atoms with E-state index in [-0.39, 0.29) is 5.41 Å². The third kappa shape index (κ3) is 3.28. The molecule has 2 aromatic carbocycles. The molecule has 0 spiro atoms. The van der Waals surface area contributed by atoms with E-state index in [9.17, 15) is 8.42 Å². The number of nitrogens with zero attached hydrogens (tertiary/aromatic N) is 3. The minimum Gasteiger partial charge on any atom is -0.338 e. The Hall–Kier alpha value is -2.51. The molecular formula is C22H23N3O3S. The number of sulfonamides is 1. The van der Waals surface area contributed by atoms with Gasteiger partial charge in [-0.05, 0) is 55.5 Å². The maximum atomic E-state index is 12.8. The molecule has 0 radical (unpaired) electrons. The van der Waals surface area contributed by atoms with Crippen molar-refractivity contribution in [1.29, 1.82) is 0 Å². The molecule has 2 aliphatic rings. The summed E-state index contributed by atoms with van der Waals surface area (Å²) in [7, 11) is -3.44. The number of benzene rings is 2. The van der Waals surface area contributed by atoms with Crippen LogP contribution in [0.4, 0.5) is 0 Å². The molecule has 2 fully saturated rings. The van der Waals surface area contributed by atoms with Crippen molar-refractivity contribution in [2.75, 3.05) is 13.1 Å². The SMILES string of the molecule is O=S(=O)(c1ccc(-c2noc(C3(c4ccccc4)CC3)n2)cc1)N1CCCCC1. The van der Waals surface area contributed by atoms with Crippen molar-refractivity contribution in [2.24, 2.45) is 0 Å². The molecule has 29 heavy (non-hydrogen) atoms. The first-order valence-corrected chi connectivity index (χ1v) is 11.5. The van der Waals surface area contributed by atoms with Crippen molar-refractivity contribution in [3.05, 3.63) is 66.1 Å². The zero-order valence-corrected chi connectivity index (χ0v) is 16.9. The summed E-state index contributed by atoms with van der Waals surface area (Å²) in [5.41, 5.74) is 1.77. The van der Waals surface area contributed by atoms with Crippen LogP contribution in [0.1, 0.15) is 43.6 Å². The van der Waals surface area contributed by atoms with E-state index < -0.39 is 10.0 Å². The minimum atomic E-state index is -3.44. The second kappa shape index (κ2) is 7.07. The monoisotopic (exact) mass is 409 g/mol. The topological polar surface area (TPSA) is 76.3 Å². The van der Waals surface area contributed by atoms with Gasteiger partial charge in [0.05, 0.1) is 10.3 Å². The van der Waals surface area contributed by atoms with Crippen LogP contribution in [0, 0.1) is 0 Å². The van der Waals surface area contributed by atoms with Gasteiger partial charge in [-0.15, -0.1) is 0 Å². The summed E-state index contributed by atoms with van der Waals surface area (Å²) in [6.45, 7) is 1.19. The lowest BCUT2D eigenvalue weighted by atomic mass is 9.96. The van der Waals surface area contributed by atoms with Crippen LogP contribution in [0.2, 0.25) is 0 Å². The van der Waals surface area contributed by atoms with Crippen molar-refractivity contribution in [3.8, 4) is 11.4 Å². The van der Waals surface area contributed by atoms with Crippen LogP contribution in [-0.4, -0.2) is 36.0 Å². The summed E-state index contributed by atoms with van der Waals surface area (Å²) in [5, 5.41) is 4.15. The van der Waals surface area contributed by atoms with Gasteiger partial charge in [-0.25, -0.2) is 8.42 Å². The molecule has 1 aliphatic heterocycles. The minimum absolute atomic E-state index is 0.177. The van der Waals surface area contributed by atoms with E-state index in [1.165, 1.54) is 5.56 Å². The molecular weight excluding hydrogens is 386 g/mol. The average molecular weight is 410 g/mol. The number of rotatable bonds is 5. The van der Waals surface area contributed by atoms with Gasteiger partial charge < -0.3 is 4.52 Å². The van der Waals surface area contributed by atoms with Crippen molar-refractivity contribution >= 4 is 10.0 Å². The van der Waals surface area contributed by atoms with Crippen LogP contribution < -0.4 is 0 Å². The summed E-state index contributed by atoms with van der Waals surface area (Å²) >= 11 is 0. The molecule has 2 heterocycles. The zero-order valence-electron chi connectivity index (χ0n) is 16.1. The Bertz CT molecular complexity index is 1100. The largest absolute Gasteiger partial charge is 0.338 e. The summed E-state index contributed by atoms with van der Waals surface area (Å²) in [6, 6.07) is 17.0. The van der Waals surface area contributed by atoms with Crippen LogP contribution in [0.15, 0.2) is 64.0 Å². The van der Waals surface area contributed by atoms with Gasteiger partial charge in [-0.3, -0.25) is 0 Å². The highest BCUT2D eigenvalue weighted by molar-refractivity contribution is 7.89. The highest BCUT2D eigenvalue weighted by atomic mass is 32.2. The van der Waals surface area contributed by atoms with E-state index >= 15 is 0 Å². The summed E-state index contributed by atoms with van der Waals surface area (Å²) in [6.07, 6.45) is 4.92. The summed E-state index contributed by atoms with van der Waals surface area (Å²) in [5.74, 6) is 1.12.